The largest absolute Gasteiger partial charge is 0.382 e. The van der Waals surface area contributed by atoms with Gasteiger partial charge in [-0.05, 0) is 38.1 Å². The van der Waals surface area contributed by atoms with Gasteiger partial charge in [0.15, 0.2) is 11.6 Å². The second-order valence-corrected chi connectivity index (χ2v) is 5.81. The fraction of sp³-hybridized carbons (Fsp3) is 0.176. The van der Waals surface area contributed by atoms with E-state index in [1.165, 1.54) is 0 Å². The van der Waals surface area contributed by atoms with Crippen molar-refractivity contribution >= 4 is 28.9 Å². The van der Waals surface area contributed by atoms with E-state index < -0.39 is 0 Å². The summed E-state index contributed by atoms with van der Waals surface area (Å²) in [6.07, 6.45) is 0. The van der Waals surface area contributed by atoms with Gasteiger partial charge < -0.3 is 5.32 Å². The highest BCUT2D eigenvalue weighted by Gasteiger charge is 2.31. The molecule has 4 heteroatoms. The van der Waals surface area contributed by atoms with Gasteiger partial charge in [-0.15, -0.1) is 0 Å². The third kappa shape index (κ3) is 2.24. The zero-order valence-corrected chi connectivity index (χ0v) is 12.5. The maximum absolute atomic E-state index is 12.7. The smallest absolute Gasteiger partial charge is 0.196 e. The van der Waals surface area contributed by atoms with Gasteiger partial charge in [-0.1, -0.05) is 23.7 Å². The number of halogens is 1. The molecule has 3 rings (SSSR count). The van der Waals surface area contributed by atoms with Crippen LogP contribution in [0.2, 0.25) is 5.02 Å². The lowest BCUT2D eigenvalue weighted by Gasteiger charge is -2.22. The molecule has 21 heavy (non-hydrogen) atoms. The van der Waals surface area contributed by atoms with E-state index in [1.807, 2.05) is 19.9 Å². The van der Waals surface area contributed by atoms with Crippen molar-refractivity contribution in [1.82, 2.24) is 0 Å². The van der Waals surface area contributed by atoms with Crippen LogP contribution >= 0.6 is 11.6 Å². The summed E-state index contributed by atoms with van der Waals surface area (Å²) < 4.78 is 0. The molecule has 0 atom stereocenters. The number of carbonyl (C=O) groups is 2. The van der Waals surface area contributed by atoms with Gasteiger partial charge in [0.05, 0.1) is 5.56 Å². The quantitative estimate of drug-likeness (QED) is 0.779. The second-order valence-electron chi connectivity index (χ2n) is 5.38. The zero-order chi connectivity index (χ0) is 15.1. The van der Waals surface area contributed by atoms with Gasteiger partial charge in [0.25, 0.3) is 0 Å². The van der Waals surface area contributed by atoms with Crippen LogP contribution in [0.25, 0.3) is 0 Å². The van der Waals surface area contributed by atoms with Crippen LogP contribution in [0, 0.1) is 0 Å². The van der Waals surface area contributed by atoms with Crippen molar-refractivity contribution in [1.29, 1.82) is 0 Å². The van der Waals surface area contributed by atoms with Gasteiger partial charge in [0, 0.05) is 33.4 Å². The van der Waals surface area contributed by atoms with Crippen molar-refractivity contribution in [2.75, 3.05) is 5.32 Å². The van der Waals surface area contributed by atoms with E-state index in [0.717, 1.165) is 0 Å². The standard InChI is InChI=1S/C17H14ClNO2/c1-9(2)19-14-5-3-4-12-15(14)17(21)11-7-6-10(18)8-13(11)16(12)20/h3-9,19H,1-2H3. The molecule has 0 saturated heterocycles. The van der Waals surface area contributed by atoms with E-state index in [4.69, 9.17) is 11.6 Å². The number of hydrogen-bond donors (Lipinski definition) is 1. The molecule has 106 valence electrons. The van der Waals surface area contributed by atoms with E-state index in [1.54, 1.807) is 30.3 Å². The molecule has 0 aliphatic heterocycles. The normalized spacial score (nSPS) is 13.1. The fourth-order valence-electron chi connectivity index (χ4n) is 2.60. The van der Waals surface area contributed by atoms with Crippen LogP contribution in [0.4, 0.5) is 5.69 Å². The molecule has 0 saturated carbocycles. The molecule has 2 aromatic rings. The molecule has 0 unspecified atom stereocenters. The monoisotopic (exact) mass is 299 g/mol. The van der Waals surface area contributed by atoms with Gasteiger partial charge >= 0.3 is 0 Å². The topological polar surface area (TPSA) is 46.2 Å². The Morgan fingerprint density at radius 3 is 2.43 bits per heavy atom. The first-order chi connectivity index (χ1) is 9.99. The molecule has 1 aliphatic rings. The summed E-state index contributed by atoms with van der Waals surface area (Å²) in [5.41, 5.74) is 2.37. The van der Waals surface area contributed by atoms with Crippen LogP contribution in [-0.2, 0) is 0 Å². The molecule has 0 amide bonds. The minimum absolute atomic E-state index is 0.139. The first kappa shape index (κ1) is 13.8. The van der Waals surface area contributed by atoms with Crippen molar-refractivity contribution < 1.29 is 9.59 Å². The number of benzene rings is 2. The predicted octanol–water partition coefficient (Wildman–Crippen LogP) is 3.94. The number of hydrogen-bond acceptors (Lipinski definition) is 3. The van der Waals surface area contributed by atoms with Crippen LogP contribution in [0.15, 0.2) is 36.4 Å². The van der Waals surface area contributed by atoms with E-state index >= 15 is 0 Å². The highest BCUT2D eigenvalue weighted by atomic mass is 35.5. The van der Waals surface area contributed by atoms with Crippen molar-refractivity contribution in [2.45, 2.75) is 19.9 Å². The van der Waals surface area contributed by atoms with Gasteiger partial charge in [0.1, 0.15) is 0 Å². The van der Waals surface area contributed by atoms with Gasteiger partial charge in [-0.2, -0.15) is 0 Å². The van der Waals surface area contributed by atoms with Gasteiger partial charge in [-0.25, -0.2) is 0 Å². The highest BCUT2D eigenvalue weighted by Crippen LogP contribution is 2.33. The average Bonchev–Trinajstić information content (AvgIpc) is 2.44. The molecule has 0 spiro atoms. The SMILES string of the molecule is CC(C)Nc1cccc2c1C(=O)c1ccc(Cl)cc1C2=O. The molecular formula is C17H14ClNO2. The first-order valence-corrected chi connectivity index (χ1v) is 7.15. The van der Waals surface area contributed by atoms with Crippen molar-refractivity contribution in [3.63, 3.8) is 0 Å². The molecule has 0 heterocycles. The molecular weight excluding hydrogens is 286 g/mol. The first-order valence-electron chi connectivity index (χ1n) is 6.77. The summed E-state index contributed by atoms with van der Waals surface area (Å²) in [5.74, 6) is -0.297. The van der Waals surface area contributed by atoms with Crippen molar-refractivity contribution in [3.05, 3.63) is 63.7 Å². The second kappa shape index (κ2) is 5.01. The van der Waals surface area contributed by atoms with E-state index in [0.29, 0.717) is 33.0 Å². The van der Waals surface area contributed by atoms with E-state index in [9.17, 15) is 9.59 Å². The number of rotatable bonds is 2. The molecule has 2 aromatic carbocycles. The van der Waals surface area contributed by atoms with Crippen LogP contribution in [0.3, 0.4) is 0 Å². The Balaban J connectivity index is 2.23. The van der Waals surface area contributed by atoms with E-state index in [2.05, 4.69) is 5.32 Å². The Bertz CT molecular complexity index is 765. The highest BCUT2D eigenvalue weighted by molar-refractivity contribution is 6.34. The summed E-state index contributed by atoms with van der Waals surface area (Å²) in [5, 5.41) is 3.68. The van der Waals surface area contributed by atoms with Crippen LogP contribution < -0.4 is 5.32 Å². The minimum atomic E-state index is -0.158. The van der Waals surface area contributed by atoms with Crippen LogP contribution in [0.5, 0.6) is 0 Å². The maximum atomic E-state index is 12.7. The maximum Gasteiger partial charge on any atom is 0.196 e. The Labute approximate surface area is 127 Å². The fourth-order valence-corrected chi connectivity index (χ4v) is 2.77. The summed E-state index contributed by atoms with van der Waals surface area (Å²) in [6, 6.07) is 10.3. The zero-order valence-electron chi connectivity index (χ0n) is 11.7. The van der Waals surface area contributed by atoms with E-state index in [-0.39, 0.29) is 17.6 Å². The number of nitrogens with one attached hydrogen (secondary N) is 1. The third-order valence-electron chi connectivity index (χ3n) is 3.45. The number of anilines is 1. The Morgan fingerprint density at radius 1 is 0.952 bits per heavy atom. The van der Waals surface area contributed by atoms with Gasteiger partial charge in [-0.3, -0.25) is 9.59 Å². The summed E-state index contributed by atoms with van der Waals surface area (Å²) in [6.45, 7) is 3.98. The number of fused-ring (bicyclic) bond motifs is 2. The van der Waals surface area contributed by atoms with Crippen LogP contribution in [0.1, 0.15) is 45.7 Å². The molecule has 1 aliphatic carbocycles. The Kier molecular flexibility index (Phi) is 3.30. The predicted molar refractivity (Wildman–Crippen MR) is 83.5 cm³/mol. The lowest BCUT2D eigenvalue weighted by Crippen LogP contribution is -2.23. The lowest BCUT2D eigenvalue weighted by atomic mass is 9.83. The molecule has 0 aromatic heterocycles. The van der Waals surface area contributed by atoms with Crippen molar-refractivity contribution in [2.24, 2.45) is 0 Å². The Hall–Kier alpha value is -2.13. The van der Waals surface area contributed by atoms with Crippen molar-refractivity contribution in [3.8, 4) is 0 Å². The Morgan fingerprint density at radius 2 is 1.71 bits per heavy atom. The van der Waals surface area contributed by atoms with Gasteiger partial charge in [0.2, 0.25) is 0 Å². The van der Waals surface area contributed by atoms with Crippen LogP contribution in [-0.4, -0.2) is 17.6 Å². The molecule has 0 bridgehead atoms. The minimum Gasteiger partial charge on any atom is -0.382 e. The average molecular weight is 300 g/mol. The molecule has 3 nitrogen and oxygen atoms in total. The number of ketones is 2. The summed E-state index contributed by atoms with van der Waals surface area (Å²) in [7, 11) is 0. The molecule has 0 radical (unpaired) electrons. The number of carbonyl (C=O) groups excluding carboxylic acids is 2. The molecule has 1 N–H and O–H groups in total. The lowest BCUT2D eigenvalue weighted by molar-refractivity contribution is 0.0979. The third-order valence-corrected chi connectivity index (χ3v) is 3.69. The summed E-state index contributed by atoms with van der Waals surface area (Å²) in [4.78, 5) is 25.3. The molecule has 0 fully saturated rings. The summed E-state index contributed by atoms with van der Waals surface area (Å²) >= 11 is 5.94.